The van der Waals surface area contributed by atoms with Crippen LogP contribution in [0.1, 0.15) is 38.5 Å². The fourth-order valence-corrected chi connectivity index (χ4v) is 2.39. The van der Waals surface area contributed by atoms with E-state index in [9.17, 15) is 4.79 Å². The van der Waals surface area contributed by atoms with Gasteiger partial charge < -0.3 is 10.2 Å². The highest BCUT2D eigenvalue weighted by Gasteiger charge is 2.26. The van der Waals surface area contributed by atoms with Crippen LogP contribution < -0.4 is 5.32 Å². The molecule has 2 amide bonds. The summed E-state index contributed by atoms with van der Waals surface area (Å²) in [4.78, 5) is 13.6. The summed E-state index contributed by atoms with van der Waals surface area (Å²) in [6.45, 7) is 1.83. The molecule has 2 aliphatic rings. The molecule has 1 aliphatic carbocycles. The van der Waals surface area contributed by atoms with E-state index < -0.39 is 0 Å². The molecule has 3 nitrogen and oxygen atoms in total. The van der Waals surface area contributed by atoms with Gasteiger partial charge in [0, 0.05) is 19.1 Å². The smallest absolute Gasteiger partial charge is 0.317 e. The second-order valence-electron chi connectivity index (χ2n) is 4.07. The van der Waals surface area contributed by atoms with E-state index in [1.807, 2.05) is 4.90 Å². The largest absolute Gasteiger partial charge is 0.338 e. The molecule has 1 saturated carbocycles. The number of nitrogens with zero attached hydrogens (tertiary/aromatic N) is 1. The lowest BCUT2D eigenvalue weighted by Gasteiger charge is -2.36. The number of nitrogens with one attached hydrogen (secondary N) is 1. The normalized spacial score (nSPS) is 25.8. The van der Waals surface area contributed by atoms with Crippen LogP contribution in [0, 0.1) is 0 Å². The number of carbonyl (C=O) groups is 1. The maximum absolute atomic E-state index is 11.5. The van der Waals surface area contributed by atoms with E-state index in [0.29, 0.717) is 6.04 Å². The average molecular weight is 182 g/mol. The Morgan fingerprint density at radius 1 is 1.15 bits per heavy atom. The van der Waals surface area contributed by atoms with Crippen LogP contribution in [0.4, 0.5) is 4.79 Å². The molecular weight excluding hydrogens is 164 g/mol. The zero-order valence-electron chi connectivity index (χ0n) is 8.09. The lowest BCUT2D eigenvalue weighted by molar-refractivity contribution is 0.143. The summed E-state index contributed by atoms with van der Waals surface area (Å²) in [5, 5.41) is 2.92. The summed E-state index contributed by atoms with van der Waals surface area (Å²) in [5.74, 6) is 0. The Hall–Kier alpha value is -0.730. The molecule has 0 bridgehead atoms. The second-order valence-corrected chi connectivity index (χ2v) is 4.07. The Balaban J connectivity index is 1.92. The summed E-state index contributed by atoms with van der Waals surface area (Å²) in [5.41, 5.74) is 0. The predicted octanol–water partition coefficient (Wildman–Crippen LogP) is 1.73. The molecule has 1 heterocycles. The SMILES string of the molecule is O=C1NCCCN1C1CCCCC1. The van der Waals surface area contributed by atoms with Gasteiger partial charge in [0.15, 0.2) is 0 Å². The molecule has 0 unspecified atom stereocenters. The second kappa shape index (κ2) is 3.99. The van der Waals surface area contributed by atoms with Gasteiger partial charge >= 0.3 is 6.03 Å². The van der Waals surface area contributed by atoms with Crippen molar-refractivity contribution in [3.63, 3.8) is 0 Å². The van der Waals surface area contributed by atoms with E-state index in [2.05, 4.69) is 5.32 Å². The third-order valence-electron chi connectivity index (χ3n) is 3.13. The van der Waals surface area contributed by atoms with Crippen molar-refractivity contribution in [1.29, 1.82) is 0 Å². The molecule has 13 heavy (non-hydrogen) atoms. The van der Waals surface area contributed by atoms with Gasteiger partial charge in [-0.3, -0.25) is 0 Å². The van der Waals surface area contributed by atoms with Crippen LogP contribution in [-0.4, -0.2) is 30.1 Å². The Labute approximate surface area is 79.5 Å². The van der Waals surface area contributed by atoms with Crippen LogP contribution in [0.2, 0.25) is 0 Å². The lowest BCUT2D eigenvalue weighted by Crippen LogP contribution is -2.51. The average Bonchev–Trinajstić information content (AvgIpc) is 2.20. The Morgan fingerprint density at radius 2 is 1.92 bits per heavy atom. The topological polar surface area (TPSA) is 32.3 Å². The van der Waals surface area contributed by atoms with Crippen LogP contribution in [0.15, 0.2) is 0 Å². The first-order chi connectivity index (χ1) is 6.38. The Kier molecular flexibility index (Phi) is 2.71. The minimum absolute atomic E-state index is 0.165. The summed E-state index contributed by atoms with van der Waals surface area (Å²) >= 11 is 0. The van der Waals surface area contributed by atoms with Gasteiger partial charge in [-0.1, -0.05) is 19.3 Å². The third-order valence-corrected chi connectivity index (χ3v) is 3.13. The molecule has 0 aromatic carbocycles. The monoisotopic (exact) mass is 182 g/mol. The number of carbonyl (C=O) groups excluding carboxylic acids is 1. The van der Waals surface area contributed by atoms with E-state index in [0.717, 1.165) is 19.5 Å². The lowest BCUT2D eigenvalue weighted by atomic mass is 9.94. The number of rotatable bonds is 1. The molecule has 0 radical (unpaired) electrons. The van der Waals surface area contributed by atoms with Crippen molar-refractivity contribution in [2.45, 2.75) is 44.6 Å². The predicted molar refractivity (Wildman–Crippen MR) is 51.6 cm³/mol. The molecule has 74 valence electrons. The quantitative estimate of drug-likeness (QED) is 0.658. The van der Waals surface area contributed by atoms with Crippen molar-refractivity contribution >= 4 is 6.03 Å². The van der Waals surface area contributed by atoms with Crippen molar-refractivity contribution < 1.29 is 4.79 Å². The Morgan fingerprint density at radius 3 is 2.62 bits per heavy atom. The van der Waals surface area contributed by atoms with E-state index in [-0.39, 0.29) is 6.03 Å². The summed E-state index contributed by atoms with van der Waals surface area (Å²) < 4.78 is 0. The van der Waals surface area contributed by atoms with Crippen molar-refractivity contribution in [3.05, 3.63) is 0 Å². The molecule has 0 atom stereocenters. The molecule has 2 rings (SSSR count). The van der Waals surface area contributed by atoms with Crippen LogP contribution in [0.3, 0.4) is 0 Å². The molecule has 1 N–H and O–H groups in total. The van der Waals surface area contributed by atoms with Crippen LogP contribution in [0.5, 0.6) is 0 Å². The fourth-order valence-electron chi connectivity index (χ4n) is 2.39. The minimum Gasteiger partial charge on any atom is -0.338 e. The van der Waals surface area contributed by atoms with E-state index >= 15 is 0 Å². The molecule has 2 fully saturated rings. The number of amides is 2. The van der Waals surface area contributed by atoms with Gasteiger partial charge in [-0.2, -0.15) is 0 Å². The zero-order valence-corrected chi connectivity index (χ0v) is 8.09. The summed E-state index contributed by atoms with van der Waals surface area (Å²) in [6.07, 6.45) is 7.50. The summed E-state index contributed by atoms with van der Waals surface area (Å²) in [7, 11) is 0. The molecule has 1 aliphatic heterocycles. The maximum atomic E-state index is 11.5. The van der Waals surface area contributed by atoms with Crippen molar-refractivity contribution in [2.24, 2.45) is 0 Å². The first kappa shape index (κ1) is 8.85. The molecule has 1 saturated heterocycles. The van der Waals surface area contributed by atoms with E-state index in [1.165, 1.54) is 32.1 Å². The Bertz CT molecular complexity index is 187. The molecule has 0 aromatic heterocycles. The molecule has 3 heteroatoms. The maximum Gasteiger partial charge on any atom is 0.317 e. The van der Waals surface area contributed by atoms with Crippen molar-refractivity contribution in [2.75, 3.05) is 13.1 Å². The minimum atomic E-state index is 0.165. The van der Waals surface area contributed by atoms with Gasteiger partial charge in [-0.15, -0.1) is 0 Å². The zero-order chi connectivity index (χ0) is 9.10. The highest BCUT2D eigenvalue weighted by Crippen LogP contribution is 2.23. The van der Waals surface area contributed by atoms with Crippen LogP contribution in [0.25, 0.3) is 0 Å². The van der Waals surface area contributed by atoms with Crippen molar-refractivity contribution in [1.82, 2.24) is 10.2 Å². The molecule has 0 aromatic rings. The third kappa shape index (κ3) is 1.95. The molecule has 0 spiro atoms. The first-order valence-corrected chi connectivity index (χ1v) is 5.42. The van der Waals surface area contributed by atoms with Gasteiger partial charge in [0.1, 0.15) is 0 Å². The number of hydrogen-bond acceptors (Lipinski definition) is 1. The molecular formula is C10H18N2O. The van der Waals surface area contributed by atoms with E-state index in [1.54, 1.807) is 0 Å². The summed E-state index contributed by atoms with van der Waals surface area (Å²) in [6, 6.07) is 0.701. The van der Waals surface area contributed by atoms with Gasteiger partial charge in [0.25, 0.3) is 0 Å². The highest BCUT2D eigenvalue weighted by molar-refractivity contribution is 5.75. The number of hydrogen-bond donors (Lipinski definition) is 1. The van der Waals surface area contributed by atoms with Gasteiger partial charge in [0.05, 0.1) is 0 Å². The number of urea groups is 1. The highest BCUT2D eigenvalue weighted by atomic mass is 16.2. The first-order valence-electron chi connectivity index (χ1n) is 5.42. The van der Waals surface area contributed by atoms with Crippen LogP contribution >= 0.6 is 0 Å². The van der Waals surface area contributed by atoms with Crippen LogP contribution in [-0.2, 0) is 0 Å². The van der Waals surface area contributed by atoms with Gasteiger partial charge in [-0.25, -0.2) is 4.79 Å². The fraction of sp³-hybridized carbons (Fsp3) is 0.900. The van der Waals surface area contributed by atoms with Gasteiger partial charge in [0.2, 0.25) is 0 Å². The standard InChI is InChI=1S/C10H18N2O/c13-10-11-7-4-8-12(10)9-5-2-1-3-6-9/h9H,1-8H2,(H,11,13). The van der Waals surface area contributed by atoms with E-state index in [4.69, 9.17) is 0 Å². The van der Waals surface area contributed by atoms with Crippen molar-refractivity contribution in [3.8, 4) is 0 Å². The van der Waals surface area contributed by atoms with Gasteiger partial charge in [-0.05, 0) is 19.3 Å².